The number of carbonyl (C=O) groups is 3. The summed E-state index contributed by atoms with van der Waals surface area (Å²) in [6.45, 7) is 21.8. The molecule has 5 aliphatic heterocycles. The molecule has 5 aliphatic rings. The number of carbonyl (C=O) groups excluding carboxylic acids is 3. The van der Waals surface area contributed by atoms with Gasteiger partial charge in [0.15, 0.2) is 36.2 Å². The molecule has 396 valence electrons. The van der Waals surface area contributed by atoms with E-state index in [9.17, 15) is 9.59 Å². The predicted molar refractivity (Wildman–Crippen MR) is 261 cm³/mol. The number of ether oxygens (including phenoxy) is 12. The Morgan fingerprint density at radius 1 is 0.732 bits per heavy atom. The van der Waals surface area contributed by atoms with E-state index in [4.69, 9.17) is 56.8 Å². The maximum Gasteiger partial charge on any atom is 0.338 e. The van der Waals surface area contributed by atoms with Crippen LogP contribution in [0.25, 0.3) is 0 Å². The molecule has 0 N–H and O–H groups in total. The van der Waals surface area contributed by atoms with Gasteiger partial charge in [0, 0.05) is 32.5 Å². The topological polar surface area (TPSA) is 169 Å². The van der Waals surface area contributed by atoms with Crippen molar-refractivity contribution in [2.75, 3.05) is 34.9 Å². The fourth-order valence-corrected chi connectivity index (χ4v) is 11.9. The van der Waals surface area contributed by atoms with Gasteiger partial charge >= 0.3 is 17.9 Å². The van der Waals surface area contributed by atoms with Gasteiger partial charge in [0.25, 0.3) is 0 Å². The van der Waals surface area contributed by atoms with E-state index in [-0.39, 0.29) is 36.5 Å². The smallest absolute Gasteiger partial charge is 0.338 e. The van der Waals surface area contributed by atoms with Crippen LogP contribution in [0.2, 0.25) is 0 Å². The lowest BCUT2D eigenvalue weighted by atomic mass is 9.73. The van der Waals surface area contributed by atoms with Crippen molar-refractivity contribution in [3.63, 3.8) is 0 Å². The van der Waals surface area contributed by atoms with E-state index in [1.54, 1.807) is 69.7 Å². The number of cyclic esters (lactones) is 1. The van der Waals surface area contributed by atoms with Crippen LogP contribution in [-0.2, 0) is 61.6 Å². The summed E-state index contributed by atoms with van der Waals surface area (Å²) in [5, 5.41) is 0. The van der Waals surface area contributed by atoms with Gasteiger partial charge in [-0.3, -0.25) is 4.79 Å². The molecule has 71 heavy (non-hydrogen) atoms. The lowest BCUT2D eigenvalue weighted by Crippen LogP contribution is -2.63. The van der Waals surface area contributed by atoms with Crippen molar-refractivity contribution in [3.8, 4) is 0 Å². The average molecular weight is 996 g/mol. The van der Waals surface area contributed by atoms with E-state index < -0.39 is 108 Å². The van der Waals surface area contributed by atoms with Gasteiger partial charge < -0.3 is 61.7 Å². The molecule has 0 aliphatic carbocycles. The number of epoxide rings is 1. The molecule has 5 saturated heterocycles. The van der Waals surface area contributed by atoms with E-state index in [1.807, 2.05) is 86.5 Å². The molecule has 2 bridgehead atoms. The zero-order valence-electron chi connectivity index (χ0n) is 44.6. The second-order valence-corrected chi connectivity index (χ2v) is 22.0. The van der Waals surface area contributed by atoms with Crippen LogP contribution in [0.5, 0.6) is 0 Å². The van der Waals surface area contributed by atoms with Crippen molar-refractivity contribution >= 4 is 17.9 Å². The lowest BCUT2D eigenvalue weighted by Gasteiger charge is -2.52. The van der Waals surface area contributed by atoms with E-state index in [1.165, 1.54) is 0 Å². The van der Waals surface area contributed by atoms with Gasteiger partial charge in [0.2, 0.25) is 0 Å². The predicted octanol–water partition coefficient (Wildman–Crippen LogP) is 7.78. The lowest BCUT2D eigenvalue weighted by molar-refractivity contribution is -0.345. The first-order chi connectivity index (χ1) is 33.5. The fraction of sp³-hybridized carbons (Fsp3) is 0.727. The number of methoxy groups -OCH3 is 2. The SMILES string of the molecule is CC[C@H]1OC(=O)[C@H](C)[C@@H](OC2C[C@@](C)(OC)[C@@H](OC(=O)c3ccccc3)[C@H](C)O2)[C@H](C)[C@@H](OC2O[C@H](C)C[C@H](N(C)C)[C@H]2OC(=O)c2ccccc2)[C@@](C)(OC)C[C@@H](C)[C@@H]2OC(C)(C)O[C@H]([C@H]2C)[C@@]12CO2. The highest BCUT2D eigenvalue weighted by atomic mass is 16.7. The molecule has 0 radical (unpaired) electrons. The zero-order valence-corrected chi connectivity index (χ0v) is 44.6. The van der Waals surface area contributed by atoms with Crippen molar-refractivity contribution in [3.05, 3.63) is 71.8 Å². The number of rotatable bonds is 12. The van der Waals surface area contributed by atoms with Gasteiger partial charge in [-0.15, -0.1) is 0 Å². The molecule has 5 fully saturated rings. The molecule has 2 aromatic rings. The number of likely N-dealkylation sites (N-methyl/N-ethyl adjacent to an activating group) is 1. The summed E-state index contributed by atoms with van der Waals surface area (Å²) in [5.74, 6) is -4.52. The Morgan fingerprint density at radius 2 is 1.31 bits per heavy atom. The van der Waals surface area contributed by atoms with E-state index >= 15 is 4.79 Å². The summed E-state index contributed by atoms with van der Waals surface area (Å²) in [5.41, 5.74) is -2.33. The molecule has 19 atom stereocenters. The Bertz CT molecular complexity index is 2100. The zero-order chi connectivity index (χ0) is 51.8. The van der Waals surface area contributed by atoms with Gasteiger partial charge in [0.1, 0.15) is 17.8 Å². The summed E-state index contributed by atoms with van der Waals surface area (Å²) in [7, 11) is 7.11. The summed E-state index contributed by atoms with van der Waals surface area (Å²) in [6.07, 6.45) is -6.60. The molecule has 0 saturated carbocycles. The summed E-state index contributed by atoms with van der Waals surface area (Å²) in [6, 6.07) is 17.3. The van der Waals surface area contributed by atoms with Gasteiger partial charge in [-0.2, -0.15) is 0 Å². The van der Waals surface area contributed by atoms with Crippen molar-refractivity contribution in [1.29, 1.82) is 0 Å². The minimum atomic E-state index is -1.14. The summed E-state index contributed by atoms with van der Waals surface area (Å²) >= 11 is 0. The minimum absolute atomic E-state index is 0.126. The van der Waals surface area contributed by atoms with E-state index in [0.717, 1.165) is 0 Å². The van der Waals surface area contributed by atoms with Crippen LogP contribution in [-0.4, -0.2) is 154 Å². The van der Waals surface area contributed by atoms with Gasteiger partial charge in [-0.1, -0.05) is 64.1 Å². The van der Waals surface area contributed by atoms with E-state index in [0.29, 0.717) is 37.0 Å². The molecular formula is C55H81NO15. The molecule has 16 nitrogen and oxygen atoms in total. The van der Waals surface area contributed by atoms with E-state index in [2.05, 4.69) is 13.8 Å². The third-order valence-corrected chi connectivity index (χ3v) is 15.9. The Kier molecular flexibility index (Phi) is 17.2. The van der Waals surface area contributed by atoms with Crippen molar-refractivity contribution in [1.82, 2.24) is 4.90 Å². The molecule has 16 heteroatoms. The van der Waals surface area contributed by atoms with Gasteiger partial charge in [-0.05, 0) is 112 Å². The number of hydrogen-bond acceptors (Lipinski definition) is 16. The molecule has 2 aromatic carbocycles. The number of nitrogens with zero attached hydrogens (tertiary/aromatic N) is 1. The Hall–Kier alpha value is -3.55. The highest BCUT2D eigenvalue weighted by Crippen LogP contribution is 2.51. The standard InChI is InChI=1S/C55H81NO15/c1-16-40-55(30-62-55)46-33(4)42(70-52(8,9)71-46)31(2)28-53(10,60-14)45(69-51-44(39(56(12)13)27-32(3)63-51)67-49(58)37-23-19-17-20-24-37)34(5)43(35(6)48(57)65-40)66-41-29-54(11,61-15)47(36(7)64-41)68-50(59)38-25-21-18-22-26-38/h17-26,31-36,39-47,51H,16,27-30H2,1-15H3/t31-,32-,33+,34+,35-,36+,39+,40-,41?,42+,43+,44-,45-,46-,47+,51?,53+,54-,55-/m1/s1. The van der Waals surface area contributed by atoms with Gasteiger partial charge in [-0.25, -0.2) is 9.59 Å². The monoisotopic (exact) mass is 996 g/mol. The number of hydrogen-bond donors (Lipinski definition) is 0. The van der Waals surface area contributed by atoms with Crippen molar-refractivity contribution in [2.24, 2.45) is 23.7 Å². The molecular weight excluding hydrogens is 915 g/mol. The third-order valence-electron chi connectivity index (χ3n) is 15.9. The minimum Gasteiger partial charge on any atom is -0.459 e. The highest BCUT2D eigenvalue weighted by molar-refractivity contribution is 5.90. The molecule has 5 heterocycles. The number of benzene rings is 2. The quantitative estimate of drug-likeness (QED) is 0.115. The van der Waals surface area contributed by atoms with Crippen LogP contribution in [0.3, 0.4) is 0 Å². The first-order valence-corrected chi connectivity index (χ1v) is 25.6. The molecule has 1 spiro atoms. The average Bonchev–Trinajstić information content (AvgIpc) is 4.15. The highest BCUT2D eigenvalue weighted by Gasteiger charge is 2.65. The van der Waals surface area contributed by atoms with Crippen LogP contribution < -0.4 is 0 Å². The Labute approximate surface area is 421 Å². The first kappa shape index (κ1) is 55.2. The molecule has 7 rings (SSSR count). The van der Waals surface area contributed by atoms with Crippen molar-refractivity contribution in [2.45, 2.75) is 198 Å². The molecule has 2 unspecified atom stereocenters. The maximum atomic E-state index is 15.0. The van der Waals surface area contributed by atoms with Crippen molar-refractivity contribution < 1.29 is 71.2 Å². The number of esters is 3. The molecule has 0 aromatic heterocycles. The largest absolute Gasteiger partial charge is 0.459 e. The third kappa shape index (κ3) is 11.7. The van der Waals surface area contributed by atoms with Crippen LogP contribution in [0.15, 0.2) is 60.7 Å². The number of fused-ring (bicyclic) bond motifs is 3. The first-order valence-electron chi connectivity index (χ1n) is 25.6. The summed E-state index contributed by atoms with van der Waals surface area (Å²) in [4.78, 5) is 44.5. The normalized spacial score (nSPS) is 41.9. The molecule has 0 amide bonds. The summed E-state index contributed by atoms with van der Waals surface area (Å²) < 4.78 is 79.9. The van der Waals surface area contributed by atoms with Crippen LogP contribution >= 0.6 is 0 Å². The fourth-order valence-electron chi connectivity index (χ4n) is 11.9. The van der Waals surface area contributed by atoms with Crippen LogP contribution in [0, 0.1) is 23.7 Å². The van der Waals surface area contributed by atoms with Crippen LogP contribution in [0.4, 0.5) is 0 Å². The Balaban J connectivity index is 1.31. The van der Waals surface area contributed by atoms with Crippen LogP contribution in [0.1, 0.15) is 123 Å². The Morgan fingerprint density at radius 3 is 1.86 bits per heavy atom. The van der Waals surface area contributed by atoms with Gasteiger partial charge in [0.05, 0.1) is 65.8 Å². The maximum absolute atomic E-state index is 15.0. The second kappa shape index (κ2) is 22.1. The second-order valence-electron chi connectivity index (χ2n) is 22.0.